The van der Waals surface area contributed by atoms with Crippen LogP contribution in [0.5, 0.6) is 0 Å². The van der Waals surface area contributed by atoms with Gasteiger partial charge in [-0.05, 0) is 53.6 Å². The standard InChI is InChI=1S/C22H25FN4O2S/c1-27-13-22(25-14-27)30(28,29)26-12-16-2-5-17-6-9-21(24)20(19(17)11-16)10-15-3-7-18(23)8-4-15/h2-5,7-8,11,13-14,20-21,26H,6,9-10,12,24H2,1H3. The second kappa shape index (κ2) is 8.29. The fourth-order valence-corrected chi connectivity index (χ4v) is 4.99. The number of fused-ring (bicyclic) bond motifs is 1. The lowest BCUT2D eigenvalue weighted by Gasteiger charge is -2.32. The van der Waals surface area contributed by atoms with E-state index in [1.165, 1.54) is 30.2 Å². The molecule has 3 N–H and O–H groups in total. The van der Waals surface area contributed by atoms with Crippen molar-refractivity contribution < 1.29 is 12.8 Å². The number of imidazole rings is 1. The van der Waals surface area contributed by atoms with Crippen LogP contribution in [0.25, 0.3) is 0 Å². The van der Waals surface area contributed by atoms with Crippen LogP contribution in [0.15, 0.2) is 60.0 Å². The summed E-state index contributed by atoms with van der Waals surface area (Å²) in [6.07, 6.45) is 5.43. The van der Waals surface area contributed by atoms with Gasteiger partial charge in [0.25, 0.3) is 10.0 Å². The molecule has 0 fully saturated rings. The minimum atomic E-state index is -3.68. The Morgan fingerprint density at radius 3 is 2.63 bits per heavy atom. The number of nitrogens with two attached hydrogens (primary N) is 1. The van der Waals surface area contributed by atoms with E-state index in [1.54, 1.807) is 23.7 Å². The van der Waals surface area contributed by atoms with Crippen molar-refractivity contribution in [1.29, 1.82) is 0 Å². The normalized spacial score (nSPS) is 18.9. The van der Waals surface area contributed by atoms with Gasteiger partial charge in [-0.1, -0.05) is 30.3 Å². The quantitative estimate of drug-likeness (QED) is 0.632. The SMILES string of the molecule is Cn1cnc(S(=O)(=O)NCc2ccc3c(c2)C(Cc2ccc(F)cc2)C(N)CC3)c1. The zero-order valence-electron chi connectivity index (χ0n) is 16.8. The van der Waals surface area contributed by atoms with E-state index in [4.69, 9.17) is 5.73 Å². The van der Waals surface area contributed by atoms with Crippen molar-refractivity contribution in [2.75, 3.05) is 0 Å². The Morgan fingerprint density at radius 1 is 1.20 bits per heavy atom. The number of aryl methyl sites for hydroxylation is 2. The average Bonchev–Trinajstić information content (AvgIpc) is 3.17. The van der Waals surface area contributed by atoms with Crippen molar-refractivity contribution >= 4 is 10.0 Å². The molecular formula is C22H25FN4O2S. The summed E-state index contributed by atoms with van der Waals surface area (Å²) in [7, 11) is -1.96. The second-order valence-electron chi connectivity index (χ2n) is 7.87. The van der Waals surface area contributed by atoms with E-state index in [9.17, 15) is 12.8 Å². The lowest BCUT2D eigenvalue weighted by atomic mass is 9.76. The van der Waals surface area contributed by atoms with Crippen LogP contribution in [-0.4, -0.2) is 24.0 Å². The smallest absolute Gasteiger partial charge is 0.259 e. The van der Waals surface area contributed by atoms with Crippen molar-refractivity contribution in [3.05, 3.63) is 83.1 Å². The minimum Gasteiger partial charge on any atom is -0.339 e. The predicted octanol–water partition coefficient (Wildman–Crippen LogP) is 2.64. The third-order valence-electron chi connectivity index (χ3n) is 5.67. The number of halogens is 1. The van der Waals surface area contributed by atoms with Crippen LogP contribution in [-0.2, 0) is 36.5 Å². The van der Waals surface area contributed by atoms with Crippen molar-refractivity contribution in [3.63, 3.8) is 0 Å². The molecule has 2 atom stereocenters. The highest BCUT2D eigenvalue weighted by atomic mass is 32.2. The number of benzene rings is 2. The maximum Gasteiger partial charge on any atom is 0.259 e. The first-order valence-electron chi connectivity index (χ1n) is 9.91. The number of nitrogens with zero attached hydrogens (tertiary/aromatic N) is 2. The molecule has 4 rings (SSSR count). The molecule has 1 aromatic heterocycles. The van der Waals surface area contributed by atoms with E-state index in [0.29, 0.717) is 0 Å². The second-order valence-corrected chi connectivity index (χ2v) is 9.59. The van der Waals surface area contributed by atoms with E-state index < -0.39 is 10.0 Å². The van der Waals surface area contributed by atoms with Gasteiger partial charge in [-0.25, -0.2) is 22.5 Å². The fraction of sp³-hybridized carbons (Fsp3) is 0.318. The van der Waals surface area contributed by atoms with Crippen molar-refractivity contribution in [2.45, 2.75) is 42.8 Å². The van der Waals surface area contributed by atoms with E-state index in [-0.39, 0.29) is 29.3 Å². The summed E-state index contributed by atoms with van der Waals surface area (Å²) in [5.41, 5.74) is 10.7. The molecule has 0 aliphatic heterocycles. The van der Waals surface area contributed by atoms with Crippen LogP contribution < -0.4 is 10.5 Å². The predicted molar refractivity (Wildman–Crippen MR) is 113 cm³/mol. The van der Waals surface area contributed by atoms with Crippen LogP contribution >= 0.6 is 0 Å². The molecule has 0 saturated carbocycles. The van der Waals surface area contributed by atoms with Gasteiger partial charge in [0, 0.05) is 31.7 Å². The maximum absolute atomic E-state index is 13.3. The van der Waals surface area contributed by atoms with Gasteiger partial charge < -0.3 is 10.3 Å². The van der Waals surface area contributed by atoms with Gasteiger partial charge in [0.05, 0.1) is 6.33 Å². The van der Waals surface area contributed by atoms with Crippen molar-refractivity contribution in [2.24, 2.45) is 12.8 Å². The number of hydrogen-bond acceptors (Lipinski definition) is 4. The summed E-state index contributed by atoms with van der Waals surface area (Å²) < 4.78 is 42.4. The molecule has 0 spiro atoms. The van der Waals surface area contributed by atoms with Gasteiger partial charge >= 0.3 is 0 Å². The molecule has 1 aliphatic rings. The number of rotatable bonds is 6. The summed E-state index contributed by atoms with van der Waals surface area (Å²) in [6.45, 7) is 0.171. The van der Waals surface area contributed by atoms with Crippen LogP contribution in [0.1, 0.15) is 34.6 Å². The summed E-state index contributed by atoms with van der Waals surface area (Å²) in [6, 6.07) is 12.6. The third-order valence-corrected chi connectivity index (χ3v) is 6.95. The summed E-state index contributed by atoms with van der Waals surface area (Å²) in [5.74, 6) is -0.152. The average molecular weight is 429 g/mol. The van der Waals surface area contributed by atoms with Crippen LogP contribution in [0.4, 0.5) is 4.39 Å². The van der Waals surface area contributed by atoms with Gasteiger partial charge in [-0.3, -0.25) is 0 Å². The molecule has 2 aromatic carbocycles. The minimum absolute atomic E-state index is 0.000770. The molecule has 30 heavy (non-hydrogen) atoms. The highest BCUT2D eigenvalue weighted by molar-refractivity contribution is 7.89. The van der Waals surface area contributed by atoms with E-state index in [1.807, 2.05) is 12.1 Å². The van der Waals surface area contributed by atoms with Gasteiger partial charge in [0.2, 0.25) is 0 Å². The lowest BCUT2D eigenvalue weighted by molar-refractivity contribution is 0.467. The molecule has 1 heterocycles. The van der Waals surface area contributed by atoms with Gasteiger partial charge in [-0.2, -0.15) is 0 Å². The summed E-state index contributed by atoms with van der Waals surface area (Å²) >= 11 is 0. The monoisotopic (exact) mass is 428 g/mol. The topological polar surface area (TPSA) is 90.0 Å². The largest absolute Gasteiger partial charge is 0.339 e. The molecule has 158 valence electrons. The molecule has 0 bridgehead atoms. The molecule has 3 aromatic rings. The molecule has 2 unspecified atom stereocenters. The number of sulfonamides is 1. The summed E-state index contributed by atoms with van der Waals surface area (Å²) in [4.78, 5) is 3.91. The zero-order valence-corrected chi connectivity index (χ0v) is 17.6. The number of nitrogens with one attached hydrogen (secondary N) is 1. The van der Waals surface area contributed by atoms with Gasteiger partial charge in [-0.15, -0.1) is 0 Å². The first kappa shape index (κ1) is 20.7. The third kappa shape index (κ3) is 4.45. The lowest BCUT2D eigenvalue weighted by Crippen LogP contribution is -2.34. The fourth-order valence-electron chi connectivity index (χ4n) is 4.00. The maximum atomic E-state index is 13.3. The molecule has 0 radical (unpaired) electrons. The van der Waals surface area contributed by atoms with Gasteiger partial charge in [0.15, 0.2) is 5.03 Å². The van der Waals surface area contributed by atoms with Crippen molar-refractivity contribution in [3.8, 4) is 0 Å². The molecular weight excluding hydrogens is 403 g/mol. The molecule has 1 aliphatic carbocycles. The Hall–Kier alpha value is -2.55. The first-order chi connectivity index (χ1) is 14.3. The summed E-state index contributed by atoms with van der Waals surface area (Å²) in [5, 5.41) is -0.000770. The molecule has 0 amide bonds. The Labute approximate surface area is 176 Å². The Bertz CT molecular complexity index is 1140. The molecule has 0 saturated heterocycles. The van der Waals surface area contributed by atoms with Crippen LogP contribution in [0.3, 0.4) is 0 Å². The number of aromatic nitrogens is 2. The van der Waals surface area contributed by atoms with Crippen molar-refractivity contribution in [1.82, 2.24) is 14.3 Å². The van der Waals surface area contributed by atoms with E-state index in [2.05, 4.69) is 15.8 Å². The van der Waals surface area contributed by atoms with E-state index >= 15 is 0 Å². The highest BCUT2D eigenvalue weighted by Gasteiger charge is 2.27. The van der Waals surface area contributed by atoms with Crippen LogP contribution in [0, 0.1) is 5.82 Å². The first-order valence-corrected chi connectivity index (χ1v) is 11.4. The number of hydrogen-bond donors (Lipinski definition) is 2. The highest BCUT2D eigenvalue weighted by Crippen LogP contribution is 2.34. The molecule has 6 nitrogen and oxygen atoms in total. The Morgan fingerprint density at radius 2 is 1.93 bits per heavy atom. The Balaban J connectivity index is 1.55. The van der Waals surface area contributed by atoms with Crippen LogP contribution in [0.2, 0.25) is 0 Å². The Kier molecular flexibility index (Phi) is 5.73. The zero-order chi connectivity index (χ0) is 21.3. The van der Waals surface area contributed by atoms with Gasteiger partial charge in [0.1, 0.15) is 5.82 Å². The van der Waals surface area contributed by atoms with E-state index in [0.717, 1.165) is 36.0 Å². The molecule has 8 heteroatoms.